The van der Waals surface area contributed by atoms with E-state index in [4.69, 9.17) is 0 Å². The average Bonchev–Trinajstić information content (AvgIpc) is 2.82. The second kappa shape index (κ2) is 11.1. The van der Waals surface area contributed by atoms with E-state index in [2.05, 4.69) is 91.0 Å². The summed E-state index contributed by atoms with van der Waals surface area (Å²) in [6.45, 7) is 3.51. The summed E-state index contributed by atoms with van der Waals surface area (Å²) in [7, 11) is -1.73. The molecule has 1 saturated heterocycles. The second-order valence-corrected chi connectivity index (χ2v) is 11.9. The average molecular weight is 496 g/mol. The minimum Gasteiger partial charge on any atom is -1.00 e. The van der Waals surface area contributed by atoms with Gasteiger partial charge in [-0.2, -0.15) is 0 Å². The minimum absolute atomic E-state index is 0. The molecule has 162 valence electrons. The van der Waals surface area contributed by atoms with E-state index >= 15 is 0 Å². The molecule has 0 atom stereocenters. The van der Waals surface area contributed by atoms with Crippen LogP contribution >= 0.6 is 7.26 Å². The summed E-state index contributed by atoms with van der Waals surface area (Å²) in [6, 6.07) is 33.4. The summed E-state index contributed by atoms with van der Waals surface area (Å²) < 4.78 is 0. The maximum Gasteiger partial charge on any atom is 0.219 e. The second-order valence-electron chi connectivity index (χ2n) is 8.28. The summed E-state index contributed by atoms with van der Waals surface area (Å²) in [5.41, 5.74) is 0. The molecule has 1 aliphatic rings. The van der Waals surface area contributed by atoms with Crippen molar-refractivity contribution in [3.05, 3.63) is 91.0 Å². The number of likely N-dealkylation sites (tertiary alicyclic amines) is 1. The fraction of sp³-hybridized carbons (Fsp3) is 0.296. The lowest BCUT2D eigenvalue weighted by Gasteiger charge is -2.33. The van der Waals surface area contributed by atoms with Gasteiger partial charge in [0.05, 0.1) is 6.16 Å². The molecule has 1 amide bonds. The molecule has 1 aliphatic heterocycles. The first-order valence-corrected chi connectivity index (χ1v) is 13.0. The summed E-state index contributed by atoms with van der Waals surface area (Å²) in [5.74, 6) is 0.907. The maximum atomic E-state index is 11.7. The van der Waals surface area contributed by atoms with Crippen LogP contribution in [0.2, 0.25) is 0 Å². The molecule has 0 N–H and O–H groups in total. The third kappa shape index (κ3) is 5.27. The molecule has 31 heavy (non-hydrogen) atoms. The maximum absolute atomic E-state index is 11.7. The zero-order valence-corrected chi connectivity index (χ0v) is 20.6. The summed E-state index contributed by atoms with van der Waals surface area (Å²) >= 11 is 0. The molecule has 4 heteroatoms. The zero-order chi connectivity index (χ0) is 20.8. The van der Waals surface area contributed by atoms with Gasteiger partial charge in [0.1, 0.15) is 23.2 Å². The van der Waals surface area contributed by atoms with Crippen LogP contribution in [0.15, 0.2) is 91.0 Å². The van der Waals surface area contributed by atoms with Crippen molar-refractivity contribution in [2.24, 2.45) is 5.92 Å². The van der Waals surface area contributed by atoms with Crippen molar-refractivity contribution in [1.82, 2.24) is 4.90 Å². The Hall–Kier alpha value is -1.96. The molecule has 4 rings (SSSR count). The van der Waals surface area contributed by atoms with E-state index in [0.717, 1.165) is 25.9 Å². The van der Waals surface area contributed by atoms with Gasteiger partial charge in [0, 0.05) is 20.0 Å². The van der Waals surface area contributed by atoms with Gasteiger partial charge in [0.2, 0.25) is 5.91 Å². The van der Waals surface area contributed by atoms with E-state index in [9.17, 15) is 4.79 Å². The van der Waals surface area contributed by atoms with Crippen molar-refractivity contribution in [3.8, 4) is 0 Å². The number of hydrogen-bond acceptors (Lipinski definition) is 1. The van der Waals surface area contributed by atoms with Gasteiger partial charge in [0.25, 0.3) is 0 Å². The highest BCUT2D eigenvalue weighted by atomic mass is 79.9. The number of carbonyl (C=O) groups excluding carboxylic acids is 1. The van der Waals surface area contributed by atoms with Crippen LogP contribution in [0, 0.1) is 5.92 Å². The van der Waals surface area contributed by atoms with E-state index in [-0.39, 0.29) is 22.9 Å². The number of halogens is 1. The van der Waals surface area contributed by atoms with Crippen molar-refractivity contribution in [3.63, 3.8) is 0 Å². The fourth-order valence-corrected chi connectivity index (χ4v) is 9.26. The summed E-state index contributed by atoms with van der Waals surface area (Å²) in [5, 5.41) is 4.38. The molecule has 1 heterocycles. The number of rotatable bonds is 6. The third-order valence-electron chi connectivity index (χ3n) is 6.52. The zero-order valence-electron chi connectivity index (χ0n) is 18.2. The standard InChI is InChI=1S/C27H31NOP.BrH/c1-23(29)28-20-17-24(18-21-28)19-22-30(25-11-5-2-6-12-25,26-13-7-3-8-14-26)27-15-9-4-10-16-27;/h2-16,24H,17-22H2,1H3;1H/q+1;/p-1. The van der Waals surface area contributed by atoms with Crippen LogP contribution in [0.3, 0.4) is 0 Å². The molecule has 0 unspecified atom stereocenters. The van der Waals surface area contributed by atoms with Crippen LogP contribution in [0.5, 0.6) is 0 Å². The Balaban J connectivity index is 0.00000272. The molecule has 3 aromatic rings. The Kier molecular flexibility index (Phi) is 8.46. The van der Waals surface area contributed by atoms with Crippen LogP contribution in [0.25, 0.3) is 0 Å². The first-order valence-electron chi connectivity index (χ1n) is 11.0. The van der Waals surface area contributed by atoms with Gasteiger partial charge in [-0.15, -0.1) is 0 Å². The Morgan fingerprint density at radius 2 is 1.16 bits per heavy atom. The van der Waals surface area contributed by atoms with Crippen molar-refractivity contribution in [2.45, 2.75) is 26.2 Å². The lowest BCUT2D eigenvalue weighted by Crippen LogP contribution is -3.00. The van der Waals surface area contributed by atoms with Crippen LogP contribution in [0.1, 0.15) is 26.2 Å². The van der Waals surface area contributed by atoms with Crippen LogP contribution < -0.4 is 32.9 Å². The van der Waals surface area contributed by atoms with Crippen LogP contribution in [-0.4, -0.2) is 30.1 Å². The predicted molar refractivity (Wildman–Crippen MR) is 130 cm³/mol. The minimum atomic E-state index is -1.73. The fourth-order valence-electron chi connectivity index (χ4n) is 4.79. The first kappa shape index (κ1) is 23.7. The van der Waals surface area contributed by atoms with Gasteiger partial charge in [-0.25, -0.2) is 0 Å². The Labute approximate surface area is 197 Å². The van der Waals surface area contributed by atoms with Gasteiger partial charge in [-0.05, 0) is 61.6 Å². The smallest absolute Gasteiger partial charge is 0.219 e. The molecule has 0 bridgehead atoms. The third-order valence-corrected chi connectivity index (χ3v) is 11.0. The number of hydrogen-bond donors (Lipinski definition) is 0. The van der Waals surface area contributed by atoms with E-state index in [1.807, 2.05) is 4.90 Å². The SMILES string of the molecule is CC(=O)N1CCC(CC[P+](c2ccccc2)(c2ccccc2)c2ccccc2)CC1.[Br-]. The lowest BCUT2D eigenvalue weighted by atomic mass is 9.94. The molecule has 0 spiro atoms. The summed E-state index contributed by atoms with van der Waals surface area (Å²) in [6.07, 6.45) is 4.63. The molecule has 1 fully saturated rings. The molecule has 0 saturated carbocycles. The van der Waals surface area contributed by atoms with Gasteiger partial charge in [0.15, 0.2) is 0 Å². The quantitative estimate of drug-likeness (QED) is 0.476. The number of piperidine rings is 1. The number of benzene rings is 3. The van der Waals surface area contributed by atoms with E-state index in [0.29, 0.717) is 5.92 Å². The number of carbonyl (C=O) groups is 1. The Bertz CT molecular complexity index is 844. The van der Waals surface area contributed by atoms with Crippen molar-refractivity contribution in [1.29, 1.82) is 0 Å². The highest BCUT2D eigenvalue weighted by Gasteiger charge is 2.45. The van der Waals surface area contributed by atoms with Crippen molar-refractivity contribution < 1.29 is 21.8 Å². The molecule has 0 aromatic heterocycles. The predicted octanol–water partition coefficient (Wildman–Crippen LogP) is 1.63. The molecule has 0 radical (unpaired) electrons. The topological polar surface area (TPSA) is 20.3 Å². The van der Waals surface area contributed by atoms with Gasteiger partial charge in [-0.1, -0.05) is 54.6 Å². The number of nitrogens with zero attached hydrogens (tertiary/aromatic N) is 1. The molecule has 3 aromatic carbocycles. The Morgan fingerprint density at radius 1 is 0.774 bits per heavy atom. The molecular weight excluding hydrogens is 465 g/mol. The highest BCUT2D eigenvalue weighted by Crippen LogP contribution is 2.56. The Morgan fingerprint density at radius 3 is 1.52 bits per heavy atom. The van der Waals surface area contributed by atoms with Gasteiger partial charge < -0.3 is 21.9 Å². The van der Waals surface area contributed by atoms with E-state index in [1.165, 1.54) is 28.5 Å². The first-order chi connectivity index (χ1) is 14.7. The monoisotopic (exact) mass is 495 g/mol. The van der Waals surface area contributed by atoms with Gasteiger partial charge in [-0.3, -0.25) is 4.79 Å². The van der Waals surface area contributed by atoms with Crippen LogP contribution in [0.4, 0.5) is 0 Å². The van der Waals surface area contributed by atoms with Crippen molar-refractivity contribution in [2.75, 3.05) is 19.3 Å². The van der Waals surface area contributed by atoms with Crippen molar-refractivity contribution >= 4 is 29.1 Å². The lowest BCUT2D eigenvalue weighted by molar-refractivity contribution is -0.130. The molecule has 0 aliphatic carbocycles. The largest absolute Gasteiger partial charge is 1.00 e. The highest BCUT2D eigenvalue weighted by molar-refractivity contribution is 7.95. The normalized spacial score (nSPS) is 14.7. The van der Waals surface area contributed by atoms with E-state index < -0.39 is 7.26 Å². The van der Waals surface area contributed by atoms with Crippen LogP contribution in [-0.2, 0) is 4.79 Å². The summed E-state index contributed by atoms with van der Waals surface area (Å²) in [4.78, 5) is 13.7. The van der Waals surface area contributed by atoms with Gasteiger partial charge >= 0.3 is 0 Å². The van der Waals surface area contributed by atoms with E-state index in [1.54, 1.807) is 6.92 Å². The molecular formula is C27H31BrNOP. The number of amides is 1. The molecule has 2 nitrogen and oxygen atoms in total.